The van der Waals surface area contributed by atoms with Gasteiger partial charge >= 0.3 is 0 Å². The number of nitrogens with zero attached hydrogens (tertiary/aromatic N) is 1. The summed E-state index contributed by atoms with van der Waals surface area (Å²) in [6.45, 7) is 10.6. The molecule has 0 heterocycles. The van der Waals surface area contributed by atoms with Crippen molar-refractivity contribution in [2.75, 3.05) is 13.1 Å². The van der Waals surface area contributed by atoms with Gasteiger partial charge in [0, 0.05) is 23.8 Å². The van der Waals surface area contributed by atoms with Gasteiger partial charge in [0.05, 0.1) is 11.3 Å². The van der Waals surface area contributed by atoms with Crippen LogP contribution in [0.4, 0.5) is 0 Å². The molecule has 0 aliphatic rings. The van der Waals surface area contributed by atoms with Crippen molar-refractivity contribution in [1.82, 2.24) is 4.90 Å². The fourth-order valence-electron chi connectivity index (χ4n) is 1.39. The second-order valence-electron chi connectivity index (χ2n) is 5.20. The van der Waals surface area contributed by atoms with Crippen molar-refractivity contribution in [3.8, 4) is 0 Å². The number of aliphatic hydroxyl groups is 1. The van der Waals surface area contributed by atoms with E-state index in [9.17, 15) is 5.11 Å². The molecule has 3 N–H and O–H groups in total. The van der Waals surface area contributed by atoms with Crippen molar-refractivity contribution in [2.24, 2.45) is 5.73 Å². The fraction of sp³-hybridized carbons (Fsp3) is 0.412. The van der Waals surface area contributed by atoms with Gasteiger partial charge in [-0.2, -0.15) is 0 Å². The highest BCUT2D eigenvalue weighted by atomic mass is 79.9. The molecule has 4 heteroatoms. The Bertz CT molecular complexity index is 429. The molecular weight excluding hydrogens is 328 g/mol. The molecule has 0 aliphatic carbocycles. The van der Waals surface area contributed by atoms with E-state index in [1.165, 1.54) is 0 Å². The molecule has 3 nitrogen and oxygen atoms in total. The Labute approximate surface area is 137 Å². The maximum atomic E-state index is 9.88. The van der Waals surface area contributed by atoms with E-state index in [4.69, 9.17) is 5.73 Å². The van der Waals surface area contributed by atoms with Gasteiger partial charge in [-0.1, -0.05) is 46.3 Å². The molecule has 0 atom stereocenters. The third-order valence-corrected chi connectivity index (χ3v) is 3.23. The Hall–Kier alpha value is -1.26. The van der Waals surface area contributed by atoms with Crippen LogP contribution in [0.1, 0.15) is 27.2 Å². The van der Waals surface area contributed by atoms with Crippen LogP contribution in [0.3, 0.4) is 0 Å². The van der Waals surface area contributed by atoms with Crippen LogP contribution in [0.25, 0.3) is 0 Å². The molecule has 0 aromatic rings. The van der Waals surface area contributed by atoms with Gasteiger partial charge in [-0.15, -0.1) is 6.58 Å². The second kappa shape index (κ2) is 10.5. The maximum Gasteiger partial charge on any atom is 0.0996 e. The fourth-order valence-corrected chi connectivity index (χ4v) is 1.81. The smallest absolute Gasteiger partial charge is 0.0996 e. The number of rotatable bonds is 9. The van der Waals surface area contributed by atoms with Crippen molar-refractivity contribution in [1.29, 1.82) is 0 Å². The number of nitrogens with two attached hydrogens (primary N) is 1. The second-order valence-corrected chi connectivity index (χ2v) is 6.11. The summed E-state index contributed by atoms with van der Waals surface area (Å²) < 4.78 is 1.02. The summed E-state index contributed by atoms with van der Waals surface area (Å²) in [5.74, 6) is 0. The summed E-state index contributed by atoms with van der Waals surface area (Å²) in [7, 11) is 0. The Morgan fingerprint density at radius 2 is 2.10 bits per heavy atom. The average molecular weight is 355 g/mol. The lowest BCUT2D eigenvalue weighted by atomic mass is 10.1. The Balaban J connectivity index is 4.75. The SMILES string of the molecule is C=CCCN(/C=C(\N)C(C)(C)O)C/C=C/C=C(Br)\C=C/C. The standard InChI is InChI=1S/C17H27BrN2O/c1-5-7-12-20(14-16(19)17(3,4)21)13-9-8-11-15(18)10-6-2/h5-6,8-11,14,21H,1,7,12-13,19H2,2-4H3/b9-8+,10-6-,15-11+,16-14-. The normalized spacial score (nSPS) is 14.1. The minimum Gasteiger partial charge on any atom is -0.399 e. The quantitative estimate of drug-likeness (QED) is 0.488. The van der Waals surface area contributed by atoms with Crippen LogP contribution in [0.15, 0.2) is 59.4 Å². The van der Waals surface area contributed by atoms with Gasteiger partial charge in [0.2, 0.25) is 0 Å². The molecule has 0 aromatic carbocycles. The Kier molecular flexibility index (Phi) is 9.84. The third kappa shape index (κ3) is 10.2. The van der Waals surface area contributed by atoms with Gasteiger partial charge in [-0.25, -0.2) is 0 Å². The van der Waals surface area contributed by atoms with Crippen molar-refractivity contribution in [2.45, 2.75) is 32.8 Å². The van der Waals surface area contributed by atoms with E-state index in [1.807, 2.05) is 43.4 Å². The third-order valence-electron chi connectivity index (χ3n) is 2.71. The Morgan fingerprint density at radius 1 is 1.43 bits per heavy atom. The van der Waals surface area contributed by atoms with E-state index >= 15 is 0 Å². The molecule has 0 unspecified atom stereocenters. The molecule has 21 heavy (non-hydrogen) atoms. The molecule has 0 radical (unpaired) electrons. The van der Waals surface area contributed by atoms with Crippen LogP contribution in [0.5, 0.6) is 0 Å². The molecule has 0 aliphatic heterocycles. The zero-order valence-electron chi connectivity index (χ0n) is 13.2. The lowest BCUT2D eigenvalue weighted by Crippen LogP contribution is -2.31. The highest BCUT2D eigenvalue weighted by Crippen LogP contribution is 2.11. The molecule has 0 spiro atoms. The first-order chi connectivity index (χ1) is 9.81. The van der Waals surface area contributed by atoms with Crippen LogP contribution in [-0.2, 0) is 0 Å². The molecule has 0 amide bonds. The van der Waals surface area contributed by atoms with E-state index in [0.29, 0.717) is 5.70 Å². The average Bonchev–Trinajstić information content (AvgIpc) is 2.39. The zero-order valence-corrected chi connectivity index (χ0v) is 14.8. The molecule has 0 saturated heterocycles. The van der Waals surface area contributed by atoms with Crippen LogP contribution in [0, 0.1) is 0 Å². The van der Waals surface area contributed by atoms with Crippen molar-refractivity contribution in [3.63, 3.8) is 0 Å². The van der Waals surface area contributed by atoms with Crippen molar-refractivity contribution < 1.29 is 5.11 Å². The molecule has 0 fully saturated rings. The first kappa shape index (κ1) is 19.7. The number of allylic oxidation sites excluding steroid dienone is 5. The largest absolute Gasteiger partial charge is 0.399 e. The van der Waals surface area contributed by atoms with E-state index in [-0.39, 0.29) is 0 Å². The van der Waals surface area contributed by atoms with Crippen molar-refractivity contribution in [3.05, 3.63) is 59.4 Å². The van der Waals surface area contributed by atoms with E-state index in [0.717, 1.165) is 24.0 Å². The van der Waals surface area contributed by atoms with Crippen molar-refractivity contribution >= 4 is 15.9 Å². The summed E-state index contributed by atoms with van der Waals surface area (Å²) in [6, 6.07) is 0. The summed E-state index contributed by atoms with van der Waals surface area (Å²) in [5.41, 5.74) is 5.35. The topological polar surface area (TPSA) is 49.5 Å². The number of hydrogen-bond donors (Lipinski definition) is 2. The minimum atomic E-state index is -1.01. The van der Waals surface area contributed by atoms with Gasteiger partial charge in [0.15, 0.2) is 0 Å². The maximum absolute atomic E-state index is 9.88. The highest BCUT2D eigenvalue weighted by Gasteiger charge is 2.16. The van der Waals surface area contributed by atoms with Crippen LogP contribution >= 0.6 is 15.9 Å². The molecular formula is C17H27BrN2O. The molecule has 118 valence electrons. The van der Waals surface area contributed by atoms with E-state index in [2.05, 4.69) is 27.4 Å². The minimum absolute atomic E-state index is 0.450. The molecule has 0 rings (SSSR count). The van der Waals surface area contributed by atoms with Gasteiger partial charge in [0.25, 0.3) is 0 Å². The van der Waals surface area contributed by atoms with Gasteiger partial charge in [0.1, 0.15) is 0 Å². The van der Waals surface area contributed by atoms with Crippen LogP contribution in [-0.4, -0.2) is 28.7 Å². The first-order valence-electron chi connectivity index (χ1n) is 7.01. The van der Waals surface area contributed by atoms with Crippen LogP contribution < -0.4 is 5.73 Å². The zero-order chi connectivity index (χ0) is 16.3. The molecule has 0 saturated carbocycles. The lowest BCUT2D eigenvalue weighted by Gasteiger charge is -2.23. The number of hydrogen-bond acceptors (Lipinski definition) is 3. The predicted octanol–water partition coefficient (Wildman–Crippen LogP) is 3.85. The Morgan fingerprint density at radius 3 is 2.62 bits per heavy atom. The molecule has 0 bridgehead atoms. The van der Waals surface area contributed by atoms with Gasteiger partial charge in [-0.05, 0) is 33.3 Å². The number of halogens is 1. The summed E-state index contributed by atoms with van der Waals surface area (Å²) in [6.07, 6.45) is 14.5. The monoisotopic (exact) mass is 354 g/mol. The predicted molar refractivity (Wildman–Crippen MR) is 95.9 cm³/mol. The van der Waals surface area contributed by atoms with E-state index in [1.54, 1.807) is 20.0 Å². The summed E-state index contributed by atoms with van der Waals surface area (Å²) >= 11 is 3.44. The highest BCUT2D eigenvalue weighted by molar-refractivity contribution is 9.11. The van der Waals surface area contributed by atoms with Gasteiger partial charge in [-0.3, -0.25) is 0 Å². The summed E-state index contributed by atoms with van der Waals surface area (Å²) in [4.78, 5) is 2.06. The summed E-state index contributed by atoms with van der Waals surface area (Å²) in [5, 5.41) is 9.88. The first-order valence-corrected chi connectivity index (χ1v) is 7.80. The van der Waals surface area contributed by atoms with Gasteiger partial charge < -0.3 is 15.7 Å². The van der Waals surface area contributed by atoms with E-state index < -0.39 is 5.60 Å². The van der Waals surface area contributed by atoms with Crippen LogP contribution in [0.2, 0.25) is 0 Å². The lowest BCUT2D eigenvalue weighted by molar-refractivity contribution is 0.115. The molecule has 0 aromatic heterocycles.